The van der Waals surface area contributed by atoms with Crippen molar-refractivity contribution < 1.29 is 0 Å². The second kappa shape index (κ2) is 35.4. The molecule has 0 atom stereocenters. The van der Waals surface area contributed by atoms with E-state index in [9.17, 15) is 0 Å². The summed E-state index contributed by atoms with van der Waals surface area (Å²) in [6.07, 6.45) is 0. The topological polar surface area (TPSA) is 128 Å². The number of hydrogen-bond acceptors (Lipinski definition) is 8. The maximum atomic E-state index is 5.72. The van der Waals surface area contributed by atoms with Crippen LogP contribution in [0.5, 0.6) is 0 Å². The minimum absolute atomic E-state index is 0.577. The number of rotatable bonds is 18. The van der Waals surface area contributed by atoms with Gasteiger partial charge in [0.1, 0.15) is 0 Å². The van der Waals surface area contributed by atoms with E-state index in [1.807, 2.05) is 54.6 Å². The third-order valence-corrected chi connectivity index (χ3v) is 29.4. The lowest BCUT2D eigenvalue weighted by atomic mass is 9.98. The Morgan fingerprint density at radius 2 is 0.376 bits per heavy atom. The van der Waals surface area contributed by atoms with E-state index in [1.54, 1.807) is 0 Å². The summed E-state index contributed by atoms with van der Waals surface area (Å²) in [6, 6.07) is 184. The summed E-state index contributed by atoms with van der Waals surface area (Å²) in [5, 5.41) is 11.3. The molecule has 29 aromatic rings. The molecule has 0 amide bonds. The molecule has 0 spiro atoms. The molecule has 29 rings (SSSR count). The van der Waals surface area contributed by atoms with E-state index >= 15 is 0 Å². The van der Waals surface area contributed by atoms with Gasteiger partial charge in [-0.2, -0.15) is 0 Å². The van der Waals surface area contributed by atoms with Crippen LogP contribution in [0.1, 0.15) is 0 Å². The maximum Gasteiger partial charge on any atom is 0.160 e. The van der Waals surface area contributed by atoms with Crippen LogP contribution in [0.15, 0.2) is 516 Å². The van der Waals surface area contributed by atoms with E-state index < -0.39 is 0 Å². The molecule has 149 heavy (non-hydrogen) atoms. The monoisotopic (exact) mass is 1900 g/mol. The van der Waals surface area contributed by atoms with Gasteiger partial charge in [0.25, 0.3) is 0 Å². The molecule has 0 radical (unpaired) electrons. The van der Waals surface area contributed by atoms with Crippen LogP contribution >= 0.6 is 0 Å². The molecule has 0 aliphatic carbocycles. The van der Waals surface area contributed by atoms with Crippen LogP contribution in [0.25, 0.3) is 284 Å². The minimum Gasteiger partial charge on any atom is -0.309 e. The summed E-state index contributed by atoms with van der Waals surface area (Å²) in [5.41, 5.74) is 35.2. The lowest BCUT2D eigenvalue weighted by molar-refractivity contribution is 1.13. The highest BCUT2D eigenvalue weighted by molar-refractivity contribution is 6.20. The molecule has 694 valence electrons. The normalized spacial score (nSPS) is 11.8. The number of hydrogen-bond donors (Lipinski definition) is 0. The Morgan fingerprint density at radius 3 is 0.772 bits per heavy atom. The highest BCUT2D eigenvalue weighted by atomic mass is 15.1. The minimum atomic E-state index is 0.577. The Balaban J connectivity index is 0.604. The van der Waals surface area contributed by atoms with E-state index in [4.69, 9.17) is 39.9 Å². The second-order valence-corrected chi connectivity index (χ2v) is 38.0. The number of benzene rings is 20. The van der Waals surface area contributed by atoms with E-state index in [2.05, 4.69) is 484 Å². The molecule has 9 aromatic heterocycles. The summed E-state index contributed by atoms with van der Waals surface area (Å²) < 4.78 is 12.2. The highest BCUT2D eigenvalue weighted by Crippen LogP contribution is 2.49. The molecule has 0 unspecified atom stereocenters. The maximum absolute atomic E-state index is 5.72. The fourth-order valence-electron chi connectivity index (χ4n) is 22.5. The van der Waals surface area contributed by atoms with Gasteiger partial charge in [0.2, 0.25) is 0 Å². The predicted octanol–water partition coefficient (Wildman–Crippen LogP) is 34.0. The standard InChI is InChI=1S/C136H85N13/c1-9-36-86(37-10-1)112-82-113(87-38-11-2-12-39-87)140-135(139-112)95-65-73-127(110(77-95)118-84-116(90-44-17-5-18-45-90)137-133(143-118)92-48-21-7-22-49-92)148-123-61-33-28-55-104(123)109-79-97(69-75-126(109)148)145-122-60-32-27-54-103(122)108-76-94(64-72-125(108)145)100-57-35-63-129-132(100)107-56-29-34-62-124(107)147(129)99-68-71-106-105-70-67-98(146-120-58-30-25-52-101(120)102-53-26-31-59-121(102)146)80-130(105)149(131(106)81-99)128-74-66-96(136-141-114(88-40-13-3-14-41-88)83-115(142-136)89-42-15-4-16-43-89)78-111(128)119-85-117(91-46-19-6-20-47-91)138-134(144-119)93-50-23-8-24-51-93/h1-85H. The first-order chi connectivity index (χ1) is 73.9. The summed E-state index contributed by atoms with van der Waals surface area (Å²) in [7, 11) is 0. The van der Waals surface area contributed by atoms with Gasteiger partial charge < -0.3 is 22.8 Å². The van der Waals surface area contributed by atoms with Crippen LogP contribution in [-0.2, 0) is 0 Å². The van der Waals surface area contributed by atoms with E-state index in [0.717, 1.165) is 250 Å². The molecule has 0 saturated carbocycles. The van der Waals surface area contributed by atoms with Gasteiger partial charge in [0.05, 0.1) is 112 Å². The van der Waals surface area contributed by atoms with Crippen LogP contribution < -0.4 is 0 Å². The zero-order chi connectivity index (χ0) is 98.1. The lowest BCUT2D eigenvalue weighted by Gasteiger charge is -2.18. The van der Waals surface area contributed by atoms with Crippen LogP contribution in [0.4, 0.5) is 0 Å². The molecule has 0 N–H and O–H groups in total. The van der Waals surface area contributed by atoms with Gasteiger partial charge in [-0.3, -0.25) is 0 Å². The average Bonchev–Trinajstić information content (AvgIpc) is 1.48. The van der Waals surface area contributed by atoms with Gasteiger partial charge in [-0.25, -0.2) is 39.9 Å². The Labute approximate surface area is 856 Å². The zero-order valence-electron chi connectivity index (χ0n) is 80.4. The summed E-state index contributed by atoms with van der Waals surface area (Å²) in [6.45, 7) is 0. The van der Waals surface area contributed by atoms with Crippen molar-refractivity contribution in [3.8, 4) is 175 Å². The first kappa shape index (κ1) is 85.5. The summed E-state index contributed by atoms with van der Waals surface area (Å²) >= 11 is 0. The molecule has 20 aromatic carbocycles. The average molecular weight is 1900 g/mol. The molecule has 13 nitrogen and oxygen atoms in total. The Bertz CT molecular complexity index is 10100. The quantitative estimate of drug-likeness (QED) is 0.0831. The van der Waals surface area contributed by atoms with Crippen LogP contribution in [0.3, 0.4) is 0 Å². The molecular weight excluding hydrogens is 1820 g/mol. The second-order valence-electron chi connectivity index (χ2n) is 38.0. The van der Waals surface area contributed by atoms with Crippen molar-refractivity contribution in [3.63, 3.8) is 0 Å². The van der Waals surface area contributed by atoms with Gasteiger partial charge >= 0.3 is 0 Å². The lowest BCUT2D eigenvalue weighted by Crippen LogP contribution is -2.03. The van der Waals surface area contributed by atoms with Crippen LogP contribution in [0.2, 0.25) is 0 Å². The van der Waals surface area contributed by atoms with Crippen molar-refractivity contribution in [1.29, 1.82) is 0 Å². The number of aromatic nitrogens is 13. The van der Waals surface area contributed by atoms with Crippen molar-refractivity contribution in [3.05, 3.63) is 516 Å². The Hall–Kier alpha value is -20.3. The van der Waals surface area contributed by atoms with Crippen LogP contribution in [-0.4, -0.2) is 62.7 Å². The van der Waals surface area contributed by atoms with E-state index in [0.29, 0.717) is 23.3 Å². The van der Waals surface area contributed by atoms with Crippen LogP contribution in [0, 0.1) is 0 Å². The largest absolute Gasteiger partial charge is 0.309 e. The molecule has 9 heterocycles. The van der Waals surface area contributed by atoms with Crippen molar-refractivity contribution in [1.82, 2.24) is 62.7 Å². The smallest absolute Gasteiger partial charge is 0.160 e. The Morgan fingerprint density at radius 1 is 0.121 bits per heavy atom. The SMILES string of the molecule is c1ccc(-c2cc(-c3ccccc3)nc(-c3ccc(-n4c5ccccc5c5cc(-n6c7ccccc7c7cc(-c8cccc9c8c8ccccc8n9-c8ccc9c%10ccc(-n%11c%12ccccc%12c%12ccccc%12%11)cc%10n(-c%10ccc(-c%11nc(-c%12ccccc%12)cc(-c%12ccccc%12)n%11)cc%10-c%10cc(-c%11ccccc%11)nc(-c%11ccccc%11)n%10)c9c8)ccc76)ccc54)c(-c4cc(-c5ccccc5)nc(-c5ccccc5)n4)c3)n2)cc1. The zero-order valence-corrected chi connectivity index (χ0v) is 80.4. The van der Waals surface area contributed by atoms with Crippen molar-refractivity contribution >= 4 is 109 Å². The third kappa shape index (κ3) is 14.7. The van der Waals surface area contributed by atoms with Gasteiger partial charge in [0.15, 0.2) is 23.3 Å². The number of nitrogens with zero attached hydrogens (tertiary/aromatic N) is 13. The van der Waals surface area contributed by atoms with Crippen molar-refractivity contribution in [2.24, 2.45) is 0 Å². The van der Waals surface area contributed by atoms with Crippen molar-refractivity contribution in [2.45, 2.75) is 0 Å². The number of fused-ring (bicyclic) bond motifs is 15. The highest BCUT2D eigenvalue weighted by Gasteiger charge is 2.29. The van der Waals surface area contributed by atoms with Crippen molar-refractivity contribution in [2.75, 3.05) is 0 Å². The van der Waals surface area contributed by atoms with E-state index in [1.165, 1.54) is 10.8 Å². The molecule has 0 aliphatic rings. The molecule has 13 heteroatoms. The fraction of sp³-hybridized carbons (Fsp3) is 0. The molecule has 0 saturated heterocycles. The van der Waals surface area contributed by atoms with E-state index in [-0.39, 0.29) is 0 Å². The molecular formula is C136H85N13. The van der Waals surface area contributed by atoms with Gasteiger partial charge in [0, 0.05) is 138 Å². The predicted molar refractivity (Wildman–Crippen MR) is 611 cm³/mol. The number of para-hydroxylation sites is 5. The third-order valence-electron chi connectivity index (χ3n) is 29.4. The van der Waals surface area contributed by atoms with Gasteiger partial charge in [-0.15, -0.1) is 0 Å². The molecule has 0 fully saturated rings. The molecule has 0 aliphatic heterocycles. The van der Waals surface area contributed by atoms with Gasteiger partial charge in [-0.05, 0) is 163 Å². The molecule has 0 bridgehead atoms. The first-order valence-electron chi connectivity index (χ1n) is 50.3. The fourth-order valence-corrected chi connectivity index (χ4v) is 22.5. The summed E-state index contributed by atoms with van der Waals surface area (Å²) in [4.78, 5) is 43.9. The van der Waals surface area contributed by atoms with Gasteiger partial charge in [-0.1, -0.05) is 364 Å². The Kier molecular flexibility index (Phi) is 20.3. The first-order valence-corrected chi connectivity index (χ1v) is 50.3. The summed E-state index contributed by atoms with van der Waals surface area (Å²) in [5.74, 6) is 2.38.